The van der Waals surface area contributed by atoms with Crippen molar-refractivity contribution in [1.82, 2.24) is 10.2 Å². The Morgan fingerprint density at radius 1 is 1.32 bits per heavy atom. The average Bonchev–Trinajstić information content (AvgIpc) is 2.61. The second-order valence-electron chi connectivity index (χ2n) is 7.54. The molecule has 0 bridgehead atoms. The van der Waals surface area contributed by atoms with Gasteiger partial charge in [0.25, 0.3) is 5.91 Å². The highest BCUT2D eigenvalue weighted by molar-refractivity contribution is 6.31. The van der Waals surface area contributed by atoms with E-state index in [1.807, 2.05) is 26.8 Å². The minimum absolute atomic E-state index is 0.0328. The van der Waals surface area contributed by atoms with Gasteiger partial charge in [0.2, 0.25) is 0 Å². The third kappa shape index (κ3) is 6.78. The predicted octanol–water partition coefficient (Wildman–Crippen LogP) is 3.68. The third-order valence-corrected chi connectivity index (χ3v) is 4.29. The van der Waals surface area contributed by atoms with Crippen molar-refractivity contribution >= 4 is 29.3 Å². The number of benzene rings is 1. The zero-order valence-corrected chi connectivity index (χ0v) is 17.0. The van der Waals surface area contributed by atoms with Crippen molar-refractivity contribution in [2.45, 2.75) is 45.3 Å². The maximum atomic E-state index is 12.2. The van der Waals surface area contributed by atoms with Crippen LogP contribution in [0.2, 0.25) is 5.02 Å². The molecule has 0 aliphatic carbocycles. The Morgan fingerprint density at radius 3 is 2.57 bits per heavy atom. The van der Waals surface area contributed by atoms with E-state index in [-0.39, 0.29) is 17.7 Å². The van der Waals surface area contributed by atoms with Crippen LogP contribution in [0.1, 0.15) is 33.6 Å². The molecule has 1 saturated heterocycles. The zero-order chi connectivity index (χ0) is 20.7. The number of amides is 2. The Balaban J connectivity index is 1.86. The number of nitriles is 1. The monoisotopic (exact) mass is 404 g/mol. The number of halogens is 1. The van der Waals surface area contributed by atoms with Gasteiger partial charge in [-0.15, -0.1) is 0 Å². The fourth-order valence-electron chi connectivity index (χ4n) is 2.67. The summed E-state index contributed by atoms with van der Waals surface area (Å²) in [5.41, 5.74) is -0.0358. The van der Waals surface area contributed by atoms with Crippen LogP contribution in [-0.4, -0.2) is 41.6 Å². The van der Waals surface area contributed by atoms with Crippen LogP contribution in [0.3, 0.4) is 0 Å². The molecule has 0 unspecified atom stereocenters. The molecule has 1 heterocycles. The lowest BCUT2D eigenvalue weighted by Crippen LogP contribution is -2.45. The van der Waals surface area contributed by atoms with Crippen LogP contribution < -0.4 is 10.6 Å². The number of hydrogen-bond acceptors (Lipinski definition) is 5. The number of likely N-dealkylation sites (tertiary alicyclic amines) is 1. The second-order valence-corrected chi connectivity index (χ2v) is 7.98. The molecule has 1 aliphatic rings. The molecule has 1 aromatic rings. The first-order chi connectivity index (χ1) is 13.2. The quantitative estimate of drug-likeness (QED) is 0.589. The van der Waals surface area contributed by atoms with Gasteiger partial charge in [-0.25, -0.2) is 4.79 Å². The highest BCUT2D eigenvalue weighted by atomic mass is 35.5. The van der Waals surface area contributed by atoms with Crippen molar-refractivity contribution < 1.29 is 14.3 Å². The van der Waals surface area contributed by atoms with E-state index < -0.39 is 11.5 Å². The van der Waals surface area contributed by atoms with Gasteiger partial charge in [0.05, 0.1) is 0 Å². The average molecular weight is 405 g/mol. The molecule has 2 N–H and O–H groups in total. The van der Waals surface area contributed by atoms with Gasteiger partial charge in [-0.05, 0) is 51.8 Å². The van der Waals surface area contributed by atoms with Crippen molar-refractivity contribution in [3.05, 3.63) is 41.1 Å². The fourth-order valence-corrected chi connectivity index (χ4v) is 2.86. The van der Waals surface area contributed by atoms with Crippen molar-refractivity contribution in [2.24, 2.45) is 0 Å². The largest absolute Gasteiger partial charge is 0.444 e. The molecule has 2 rings (SSSR count). The third-order valence-electron chi connectivity index (χ3n) is 4.06. The molecule has 1 fully saturated rings. The number of nitrogens with one attached hydrogen (secondary N) is 2. The van der Waals surface area contributed by atoms with E-state index in [0.717, 1.165) is 0 Å². The smallest absolute Gasteiger partial charge is 0.410 e. The molecule has 8 heteroatoms. The number of anilines is 1. The minimum atomic E-state index is -0.521. The lowest BCUT2D eigenvalue weighted by molar-refractivity contribution is -0.112. The van der Waals surface area contributed by atoms with E-state index in [2.05, 4.69) is 10.6 Å². The van der Waals surface area contributed by atoms with E-state index in [1.54, 1.807) is 29.2 Å². The first-order valence-electron chi connectivity index (χ1n) is 9.09. The summed E-state index contributed by atoms with van der Waals surface area (Å²) >= 11 is 5.89. The van der Waals surface area contributed by atoms with Crippen LogP contribution in [0.15, 0.2) is 36.0 Å². The summed E-state index contributed by atoms with van der Waals surface area (Å²) in [6.45, 7) is 6.61. The SMILES string of the molecule is CC(C)(C)OC(=O)N1CCC(N/C=C(/C#N)C(=O)Nc2cccc(Cl)c2)CC1. The molecule has 28 heavy (non-hydrogen) atoms. The first-order valence-corrected chi connectivity index (χ1v) is 9.47. The number of rotatable bonds is 4. The van der Waals surface area contributed by atoms with Gasteiger partial charge in [-0.1, -0.05) is 17.7 Å². The zero-order valence-electron chi connectivity index (χ0n) is 16.3. The van der Waals surface area contributed by atoms with Crippen molar-refractivity contribution in [1.29, 1.82) is 5.26 Å². The van der Waals surface area contributed by atoms with Gasteiger partial charge in [0.15, 0.2) is 0 Å². The molecular formula is C20H25ClN4O3. The molecule has 7 nitrogen and oxygen atoms in total. The molecule has 0 aromatic heterocycles. The van der Waals surface area contributed by atoms with Crippen LogP contribution in [-0.2, 0) is 9.53 Å². The molecule has 150 valence electrons. The van der Waals surface area contributed by atoms with E-state index >= 15 is 0 Å². The summed E-state index contributed by atoms with van der Waals surface area (Å²) in [6.07, 6.45) is 2.50. The highest BCUT2D eigenvalue weighted by Crippen LogP contribution is 2.17. The molecule has 0 atom stereocenters. The van der Waals surface area contributed by atoms with Crippen LogP contribution in [0, 0.1) is 11.3 Å². The lowest BCUT2D eigenvalue weighted by atomic mass is 10.1. The second kappa shape index (κ2) is 9.47. The van der Waals surface area contributed by atoms with Gasteiger partial charge in [0, 0.05) is 36.0 Å². The number of carbonyl (C=O) groups is 2. The van der Waals surface area contributed by atoms with Gasteiger partial charge in [-0.2, -0.15) is 5.26 Å². The normalized spacial score (nSPS) is 15.5. The molecule has 1 aliphatic heterocycles. The summed E-state index contributed by atoms with van der Waals surface area (Å²) in [5, 5.41) is 15.5. The summed E-state index contributed by atoms with van der Waals surface area (Å²) in [6, 6.07) is 8.68. The van der Waals surface area contributed by atoms with Gasteiger partial charge >= 0.3 is 6.09 Å². The minimum Gasteiger partial charge on any atom is -0.444 e. The Labute approximate surface area is 170 Å². The standard InChI is InChI=1S/C20H25ClN4O3/c1-20(2,3)28-19(27)25-9-7-16(8-10-25)23-13-14(12-22)18(26)24-17-6-4-5-15(21)11-17/h4-6,11,13,16,23H,7-10H2,1-3H3,(H,24,26)/b14-13-. The first kappa shape index (κ1) is 21.6. The van der Waals surface area contributed by atoms with Gasteiger partial charge in [0.1, 0.15) is 17.2 Å². The van der Waals surface area contributed by atoms with Gasteiger partial charge < -0.3 is 20.3 Å². The number of piperidine rings is 1. The van der Waals surface area contributed by atoms with E-state index in [4.69, 9.17) is 16.3 Å². The summed E-state index contributed by atoms with van der Waals surface area (Å²) in [4.78, 5) is 26.0. The van der Waals surface area contributed by atoms with Crippen molar-refractivity contribution in [3.8, 4) is 6.07 Å². The molecule has 2 amide bonds. The topological polar surface area (TPSA) is 94.5 Å². The Morgan fingerprint density at radius 2 is 2.00 bits per heavy atom. The molecule has 1 aromatic carbocycles. The molecule has 0 saturated carbocycles. The summed E-state index contributed by atoms with van der Waals surface area (Å²) < 4.78 is 5.37. The highest BCUT2D eigenvalue weighted by Gasteiger charge is 2.26. The maximum absolute atomic E-state index is 12.2. The van der Waals surface area contributed by atoms with Crippen LogP contribution >= 0.6 is 11.6 Å². The van der Waals surface area contributed by atoms with Crippen molar-refractivity contribution in [2.75, 3.05) is 18.4 Å². The Bertz CT molecular complexity index is 787. The molecule has 0 radical (unpaired) electrons. The van der Waals surface area contributed by atoms with E-state index in [9.17, 15) is 14.9 Å². The number of carbonyl (C=O) groups excluding carboxylic acids is 2. The summed E-state index contributed by atoms with van der Waals surface area (Å²) in [5.74, 6) is -0.511. The lowest BCUT2D eigenvalue weighted by Gasteiger charge is -2.33. The van der Waals surface area contributed by atoms with E-state index in [1.165, 1.54) is 6.20 Å². The van der Waals surface area contributed by atoms with E-state index in [0.29, 0.717) is 36.6 Å². The summed E-state index contributed by atoms with van der Waals surface area (Å²) in [7, 11) is 0. The number of nitrogens with zero attached hydrogens (tertiary/aromatic N) is 2. The van der Waals surface area contributed by atoms with Crippen LogP contribution in [0.25, 0.3) is 0 Å². The molecule has 0 spiro atoms. The van der Waals surface area contributed by atoms with Crippen molar-refractivity contribution in [3.63, 3.8) is 0 Å². The Hall–Kier alpha value is -2.72. The molecular weight excluding hydrogens is 380 g/mol. The fraction of sp³-hybridized carbons (Fsp3) is 0.450. The van der Waals surface area contributed by atoms with Crippen LogP contribution in [0.4, 0.5) is 10.5 Å². The predicted molar refractivity (Wildman–Crippen MR) is 108 cm³/mol. The van der Waals surface area contributed by atoms with Crippen LogP contribution in [0.5, 0.6) is 0 Å². The number of hydrogen-bond donors (Lipinski definition) is 2. The number of ether oxygens (including phenoxy) is 1. The maximum Gasteiger partial charge on any atom is 0.410 e. The Kier molecular flexibility index (Phi) is 7.30. The van der Waals surface area contributed by atoms with Gasteiger partial charge in [-0.3, -0.25) is 4.79 Å².